The summed E-state index contributed by atoms with van der Waals surface area (Å²) in [7, 11) is 0. The van der Waals surface area contributed by atoms with Crippen molar-refractivity contribution in [3.8, 4) is 0 Å². The van der Waals surface area contributed by atoms with Crippen molar-refractivity contribution < 1.29 is 9.18 Å². The molecule has 0 saturated carbocycles. The first-order valence-electron chi connectivity index (χ1n) is 5.46. The Morgan fingerprint density at radius 2 is 2.24 bits per heavy atom. The Kier molecular flexibility index (Phi) is 4.20. The standard InChI is InChI=1S/C12H12Br2FNO/c13-9-2-1-5-16(7-9)12(17)8-3-4-10(14)11(15)6-8/h3-4,6,9H,1-2,5,7H2. The molecule has 17 heavy (non-hydrogen) atoms. The van der Waals surface area contributed by atoms with E-state index in [9.17, 15) is 9.18 Å². The van der Waals surface area contributed by atoms with Crippen LogP contribution in [0.25, 0.3) is 0 Å². The van der Waals surface area contributed by atoms with Crippen LogP contribution in [0.2, 0.25) is 0 Å². The van der Waals surface area contributed by atoms with Gasteiger partial charge in [-0.2, -0.15) is 0 Å². The van der Waals surface area contributed by atoms with Gasteiger partial charge in [-0.1, -0.05) is 15.9 Å². The van der Waals surface area contributed by atoms with Crippen LogP contribution >= 0.6 is 31.9 Å². The molecule has 5 heteroatoms. The molecule has 1 fully saturated rings. The average Bonchev–Trinajstić information content (AvgIpc) is 2.32. The number of carbonyl (C=O) groups is 1. The normalized spacial score (nSPS) is 20.4. The van der Waals surface area contributed by atoms with Crippen molar-refractivity contribution in [2.45, 2.75) is 17.7 Å². The second-order valence-corrected chi connectivity index (χ2v) is 6.27. The molecule has 1 aliphatic heterocycles. The molecule has 2 rings (SSSR count). The van der Waals surface area contributed by atoms with E-state index in [1.165, 1.54) is 6.07 Å². The molecule has 92 valence electrons. The number of hydrogen-bond donors (Lipinski definition) is 0. The summed E-state index contributed by atoms with van der Waals surface area (Å²) >= 11 is 6.60. The van der Waals surface area contributed by atoms with E-state index >= 15 is 0 Å². The van der Waals surface area contributed by atoms with Gasteiger partial charge < -0.3 is 4.90 Å². The molecule has 1 heterocycles. The first-order valence-corrected chi connectivity index (χ1v) is 7.17. The van der Waals surface area contributed by atoms with Crippen LogP contribution in [0.1, 0.15) is 23.2 Å². The highest BCUT2D eigenvalue weighted by atomic mass is 79.9. The summed E-state index contributed by atoms with van der Waals surface area (Å²) in [5, 5.41) is 0. The fraction of sp³-hybridized carbons (Fsp3) is 0.417. The van der Waals surface area contributed by atoms with Crippen LogP contribution in [-0.2, 0) is 0 Å². The van der Waals surface area contributed by atoms with E-state index in [0.717, 1.165) is 19.4 Å². The van der Waals surface area contributed by atoms with Crippen LogP contribution in [0.3, 0.4) is 0 Å². The molecule has 0 spiro atoms. The molecule has 0 aromatic heterocycles. The lowest BCUT2D eigenvalue weighted by Crippen LogP contribution is -2.40. The summed E-state index contributed by atoms with van der Waals surface area (Å²) in [6, 6.07) is 4.50. The highest BCUT2D eigenvalue weighted by molar-refractivity contribution is 9.10. The Labute approximate surface area is 116 Å². The minimum atomic E-state index is -0.400. The van der Waals surface area contributed by atoms with E-state index in [-0.39, 0.29) is 5.91 Å². The Balaban J connectivity index is 2.15. The lowest BCUT2D eigenvalue weighted by molar-refractivity contribution is 0.0729. The van der Waals surface area contributed by atoms with Crippen LogP contribution in [0.5, 0.6) is 0 Å². The van der Waals surface area contributed by atoms with Gasteiger partial charge in [0.05, 0.1) is 4.47 Å². The Morgan fingerprint density at radius 3 is 2.88 bits per heavy atom. The summed E-state index contributed by atoms with van der Waals surface area (Å²) in [6.45, 7) is 1.44. The van der Waals surface area contributed by atoms with E-state index in [1.54, 1.807) is 17.0 Å². The van der Waals surface area contributed by atoms with E-state index in [1.807, 2.05) is 0 Å². The number of amides is 1. The number of nitrogens with zero attached hydrogens (tertiary/aromatic N) is 1. The minimum Gasteiger partial charge on any atom is -0.338 e. The highest BCUT2D eigenvalue weighted by Gasteiger charge is 2.23. The number of piperidine rings is 1. The zero-order valence-corrected chi connectivity index (χ0v) is 12.3. The molecular weight excluding hydrogens is 353 g/mol. The van der Waals surface area contributed by atoms with E-state index in [4.69, 9.17) is 0 Å². The second kappa shape index (κ2) is 5.48. The topological polar surface area (TPSA) is 20.3 Å². The second-order valence-electron chi connectivity index (χ2n) is 4.12. The van der Waals surface area contributed by atoms with E-state index < -0.39 is 5.82 Å². The molecule has 1 atom stereocenters. The Hall–Kier alpha value is -0.420. The molecule has 0 radical (unpaired) electrons. The predicted molar refractivity (Wildman–Crippen MR) is 72.0 cm³/mol. The Bertz CT molecular complexity index is 439. The third-order valence-corrected chi connectivity index (χ3v) is 4.21. The molecule has 1 saturated heterocycles. The van der Waals surface area contributed by atoms with Gasteiger partial charge in [0, 0.05) is 23.5 Å². The third-order valence-electron chi connectivity index (χ3n) is 2.82. The molecule has 1 aliphatic rings. The summed E-state index contributed by atoms with van der Waals surface area (Å²) in [6.07, 6.45) is 2.07. The SMILES string of the molecule is O=C(c1ccc(Br)c(F)c1)N1CCCC(Br)C1. The van der Waals surface area contributed by atoms with Crippen molar-refractivity contribution in [1.29, 1.82) is 0 Å². The molecule has 0 bridgehead atoms. The average molecular weight is 365 g/mol. The highest BCUT2D eigenvalue weighted by Crippen LogP contribution is 2.21. The summed E-state index contributed by atoms with van der Waals surface area (Å²) < 4.78 is 13.7. The van der Waals surface area contributed by atoms with Gasteiger partial charge >= 0.3 is 0 Å². The van der Waals surface area contributed by atoms with Gasteiger partial charge in [-0.25, -0.2) is 4.39 Å². The van der Waals surface area contributed by atoms with E-state index in [0.29, 0.717) is 21.4 Å². The first-order chi connectivity index (χ1) is 8.08. The summed E-state index contributed by atoms with van der Waals surface area (Å²) in [4.78, 5) is 14.2. The number of hydrogen-bond acceptors (Lipinski definition) is 1. The van der Waals surface area contributed by atoms with Gasteiger partial charge in [-0.15, -0.1) is 0 Å². The largest absolute Gasteiger partial charge is 0.338 e. The zero-order valence-electron chi connectivity index (χ0n) is 9.13. The third kappa shape index (κ3) is 3.07. The monoisotopic (exact) mass is 363 g/mol. The maximum atomic E-state index is 13.4. The first kappa shape index (κ1) is 13.0. The molecule has 2 nitrogen and oxygen atoms in total. The van der Waals surface area contributed by atoms with Crippen LogP contribution in [-0.4, -0.2) is 28.7 Å². The van der Waals surface area contributed by atoms with Crippen molar-refractivity contribution in [2.24, 2.45) is 0 Å². The molecule has 1 aromatic rings. The number of halogens is 3. The molecular formula is C12H12Br2FNO. The van der Waals surface area contributed by atoms with Crippen molar-refractivity contribution in [3.05, 3.63) is 34.1 Å². The maximum absolute atomic E-state index is 13.4. The Morgan fingerprint density at radius 1 is 1.47 bits per heavy atom. The molecule has 1 amide bonds. The van der Waals surface area contributed by atoms with Gasteiger partial charge in [-0.3, -0.25) is 4.79 Å². The van der Waals surface area contributed by atoms with Crippen LogP contribution in [0.4, 0.5) is 4.39 Å². The number of rotatable bonds is 1. The predicted octanol–water partition coefficient (Wildman–Crippen LogP) is 3.59. The zero-order chi connectivity index (χ0) is 12.4. The smallest absolute Gasteiger partial charge is 0.253 e. The van der Waals surface area contributed by atoms with Gasteiger partial charge in [0.15, 0.2) is 0 Å². The van der Waals surface area contributed by atoms with Crippen molar-refractivity contribution in [3.63, 3.8) is 0 Å². The van der Waals surface area contributed by atoms with Gasteiger partial charge in [0.2, 0.25) is 0 Å². The lowest BCUT2D eigenvalue weighted by atomic mass is 10.1. The fourth-order valence-electron chi connectivity index (χ4n) is 1.92. The van der Waals surface area contributed by atoms with Crippen molar-refractivity contribution >= 4 is 37.8 Å². The lowest BCUT2D eigenvalue weighted by Gasteiger charge is -2.30. The van der Waals surface area contributed by atoms with Crippen LogP contribution < -0.4 is 0 Å². The van der Waals surface area contributed by atoms with Crippen molar-refractivity contribution in [1.82, 2.24) is 4.90 Å². The minimum absolute atomic E-state index is 0.0967. The van der Waals surface area contributed by atoms with Crippen molar-refractivity contribution in [2.75, 3.05) is 13.1 Å². The maximum Gasteiger partial charge on any atom is 0.253 e. The summed E-state index contributed by atoms with van der Waals surface area (Å²) in [5.74, 6) is -0.496. The number of likely N-dealkylation sites (tertiary alicyclic amines) is 1. The molecule has 0 N–H and O–H groups in total. The molecule has 1 unspecified atom stereocenters. The van der Waals surface area contributed by atoms with Crippen LogP contribution in [0, 0.1) is 5.82 Å². The molecule has 1 aromatic carbocycles. The van der Waals surface area contributed by atoms with Gasteiger partial charge in [-0.05, 0) is 47.0 Å². The van der Waals surface area contributed by atoms with E-state index in [2.05, 4.69) is 31.9 Å². The number of carbonyl (C=O) groups excluding carboxylic acids is 1. The molecule has 0 aliphatic carbocycles. The fourth-order valence-corrected chi connectivity index (χ4v) is 2.84. The van der Waals surface area contributed by atoms with Crippen LogP contribution in [0.15, 0.2) is 22.7 Å². The van der Waals surface area contributed by atoms with Gasteiger partial charge in [0.1, 0.15) is 5.82 Å². The quantitative estimate of drug-likeness (QED) is 0.697. The number of alkyl halides is 1. The summed E-state index contributed by atoms with van der Waals surface area (Å²) in [5.41, 5.74) is 0.410. The number of benzene rings is 1. The van der Waals surface area contributed by atoms with Gasteiger partial charge in [0.25, 0.3) is 5.91 Å².